The first-order chi connectivity index (χ1) is 6.24. The topological polar surface area (TPSA) is 26.0 Å². The molecule has 1 aromatic carbocycles. The molecule has 0 aliphatic carbocycles. The summed E-state index contributed by atoms with van der Waals surface area (Å²) in [6.07, 6.45) is 0. The Bertz CT molecular complexity index is 299. The minimum Gasteiger partial charge on any atom is -0.327 e. The lowest BCUT2D eigenvalue weighted by Gasteiger charge is -2.04. The molecule has 0 bridgehead atoms. The highest BCUT2D eigenvalue weighted by atomic mass is 79.9. The van der Waals surface area contributed by atoms with Crippen molar-refractivity contribution in [2.24, 2.45) is 5.73 Å². The molecule has 0 aromatic heterocycles. The van der Waals surface area contributed by atoms with Gasteiger partial charge in [-0.05, 0) is 28.1 Å². The molecule has 1 rings (SSSR count). The van der Waals surface area contributed by atoms with Crippen LogP contribution in [0.5, 0.6) is 0 Å². The van der Waals surface area contributed by atoms with Gasteiger partial charge in [0.05, 0.1) is 0 Å². The van der Waals surface area contributed by atoms with Crippen molar-refractivity contribution in [2.75, 3.05) is 12.3 Å². The van der Waals surface area contributed by atoms with Crippen molar-refractivity contribution in [3.8, 4) is 0 Å². The van der Waals surface area contributed by atoms with E-state index in [1.807, 2.05) is 18.2 Å². The fraction of sp³-hybridized carbons (Fsp3) is 0.200. The highest BCUT2D eigenvalue weighted by Crippen LogP contribution is 2.27. The Labute approximate surface area is 91.5 Å². The third-order valence-corrected chi connectivity index (χ3v) is 3.73. The van der Waals surface area contributed by atoms with Gasteiger partial charge in [0, 0.05) is 21.7 Å². The van der Waals surface area contributed by atoms with Gasteiger partial charge in [-0.15, -0.1) is 11.8 Å². The smallest absolute Gasteiger partial charge is 0.0311 e. The highest BCUT2D eigenvalue weighted by molar-refractivity contribution is 9.10. The number of rotatable bonds is 4. The molecule has 0 fully saturated rings. The van der Waals surface area contributed by atoms with E-state index in [0.29, 0.717) is 6.54 Å². The van der Waals surface area contributed by atoms with E-state index in [4.69, 9.17) is 5.73 Å². The van der Waals surface area contributed by atoms with Crippen LogP contribution in [0, 0.1) is 0 Å². The van der Waals surface area contributed by atoms with Crippen molar-refractivity contribution in [1.82, 2.24) is 0 Å². The first kappa shape index (κ1) is 10.8. The second-order valence-electron chi connectivity index (χ2n) is 2.67. The summed E-state index contributed by atoms with van der Waals surface area (Å²) >= 11 is 5.24. The lowest BCUT2D eigenvalue weighted by atomic mass is 10.4. The van der Waals surface area contributed by atoms with E-state index >= 15 is 0 Å². The predicted octanol–water partition coefficient (Wildman–Crippen LogP) is 3.06. The first-order valence-electron chi connectivity index (χ1n) is 3.98. The summed E-state index contributed by atoms with van der Waals surface area (Å²) < 4.78 is 1.13. The average molecular weight is 258 g/mol. The molecule has 0 unspecified atom stereocenters. The third-order valence-electron chi connectivity index (χ3n) is 1.56. The van der Waals surface area contributed by atoms with Gasteiger partial charge in [0.15, 0.2) is 0 Å². The molecule has 0 saturated heterocycles. The van der Waals surface area contributed by atoms with Crippen LogP contribution >= 0.6 is 27.7 Å². The summed E-state index contributed by atoms with van der Waals surface area (Å²) in [5.74, 6) is 0.888. The van der Waals surface area contributed by atoms with Crippen LogP contribution in [0.2, 0.25) is 0 Å². The molecule has 0 aliphatic rings. The van der Waals surface area contributed by atoms with Gasteiger partial charge in [0.2, 0.25) is 0 Å². The standard InChI is InChI=1S/C10H12BrNS/c1-8(6-12)7-13-10-5-3-2-4-9(10)11/h2-5H,1,6-7,12H2. The summed E-state index contributed by atoms with van der Waals surface area (Å²) in [6.45, 7) is 4.42. The van der Waals surface area contributed by atoms with Gasteiger partial charge in [-0.1, -0.05) is 24.3 Å². The third kappa shape index (κ3) is 3.55. The van der Waals surface area contributed by atoms with E-state index in [1.54, 1.807) is 11.8 Å². The van der Waals surface area contributed by atoms with Gasteiger partial charge in [-0.2, -0.15) is 0 Å². The second-order valence-corrected chi connectivity index (χ2v) is 4.54. The fourth-order valence-electron chi connectivity index (χ4n) is 0.801. The Morgan fingerprint density at radius 3 is 2.77 bits per heavy atom. The molecule has 0 atom stereocenters. The number of thioether (sulfide) groups is 1. The zero-order chi connectivity index (χ0) is 9.68. The molecular formula is C10H12BrNS. The van der Waals surface area contributed by atoms with Crippen molar-refractivity contribution >= 4 is 27.7 Å². The van der Waals surface area contributed by atoms with Gasteiger partial charge in [0.1, 0.15) is 0 Å². The maximum atomic E-state index is 5.45. The Hall–Kier alpha value is -0.250. The first-order valence-corrected chi connectivity index (χ1v) is 5.76. The van der Waals surface area contributed by atoms with Crippen molar-refractivity contribution in [3.63, 3.8) is 0 Å². The van der Waals surface area contributed by atoms with Crippen molar-refractivity contribution < 1.29 is 0 Å². The zero-order valence-corrected chi connectivity index (χ0v) is 9.70. The van der Waals surface area contributed by atoms with Gasteiger partial charge < -0.3 is 5.73 Å². The molecule has 3 heteroatoms. The maximum Gasteiger partial charge on any atom is 0.0311 e. The van der Waals surface area contributed by atoms with E-state index < -0.39 is 0 Å². The van der Waals surface area contributed by atoms with Crippen LogP contribution in [0.1, 0.15) is 0 Å². The van der Waals surface area contributed by atoms with E-state index in [2.05, 4.69) is 28.6 Å². The Balaban J connectivity index is 2.54. The van der Waals surface area contributed by atoms with E-state index in [-0.39, 0.29) is 0 Å². The van der Waals surface area contributed by atoms with Crippen molar-refractivity contribution in [2.45, 2.75) is 4.90 Å². The Kier molecular flexibility index (Phi) is 4.56. The molecule has 0 radical (unpaired) electrons. The van der Waals surface area contributed by atoms with Gasteiger partial charge in [-0.25, -0.2) is 0 Å². The van der Waals surface area contributed by atoms with Crippen LogP contribution < -0.4 is 5.73 Å². The van der Waals surface area contributed by atoms with Gasteiger partial charge in [-0.3, -0.25) is 0 Å². The summed E-state index contributed by atoms with van der Waals surface area (Å²) in [6, 6.07) is 8.15. The van der Waals surface area contributed by atoms with Crippen LogP contribution in [-0.2, 0) is 0 Å². The SMILES string of the molecule is C=C(CN)CSc1ccccc1Br. The number of hydrogen-bond acceptors (Lipinski definition) is 2. The van der Waals surface area contributed by atoms with Crippen LogP contribution in [-0.4, -0.2) is 12.3 Å². The fourth-order valence-corrected chi connectivity index (χ4v) is 2.29. The Morgan fingerprint density at radius 2 is 2.15 bits per heavy atom. The molecule has 0 amide bonds. The number of halogens is 1. The molecule has 0 heterocycles. The number of nitrogens with two attached hydrogens (primary N) is 1. The lowest BCUT2D eigenvalue weighted by molar-refractivity contribution is 1.15. The minimum absolute atomic E-state index is 0.567. The molecule has 2 N–H and O–H groups in total. The lowest BCUT2D eigenvalue weighted by Crippen LogP contribution is -2.03. The minimum atomic E-state index is 0.567. The van der Waals surface area contributed by atoms with Crippen LogP contribution in [0.3, 0.4) is 0 Å². The number of benzene rings is 1. The van der Waals surface area contributed by atoms with E-state index in [9.17, 15) is 0 Å². The largest absolute Gasteiger partial charge is 0.327 e. The summed E-state index contributed by atoms with van der Waals surface area (Å²) in [5.41, 5.74) is 6.52. The van der Waals surface area contributed by atoms with Gasteiger partial charge in [0.25, 0.3) is 0 Å². The molecule has 0 aliphatic heterocycles. The summed E-state index contributed by atoms with van der Waals surface area (Å²) in [5, 5.41) is 0. The van der Waals surface area contributed by atoms with Gasteiger partial charge >= 0.3 is 0 Å². The summed E-state index contributed by atoms with van der Waals surface area (Å²) in [4.78, 5) is 1.23. The van der Waals surface area contributed by atoms with E-state index in [0.717, 1.165) is 15.8 Å². The quantitative estimate of drug-likeness (QED) is 0.663. The molecule has 70 valence electrons. The molecular weight excluding hydrogens is 246 g/mol. The summed E-state index contributed by atoms with van der Waals surface area (Å²) in [7, 11) is 0. The van der Waals surface area contributed by atoms with Crippen LogP contribution in [0.25, 0.3) is 0 Å². The predicted molar refractivity (Wildman–Crippen MR) is 63.1 cm³/mol. The zero-order valence-electron chi connectivity index (χ0n) is 7.29. The maximum absolute atomic E-state index is 5.45. The molecule has 1 aromatic rings. The van der Waals surface area contributed by atoms with Crippen LogP contribution in [0.4, 0.5) is 0 Å². The van der Waals surface area contributed by atoms with Crippen LogP contribution in [0.15, 0.2) is 45.8 Å². The average Bonchev–Trinajstić information content (AvgIpc) is 2.16. The molecule has 13 heavy (non-hydrogen) atoms. The Morgan fingerprint density at radius 1 is 1.46 bits per heavy atom. The molecule has 0 spiro atoms. The molecule has 1 nitrogen and oxygen atoms in total. The van der Waals surface area contributed by atoms with Crippen molar-refractivity contribution in [1.29, 1.82) is 0 Å². The molecule has 0 saturated carbocycles. The van der Waals surface area contributed by atoms with Crippen molar-refractivity contribution in [3.05, 3.63) is 40.9 Å². The normalized spacial score (nSPS) is 10.0. The number of hydrogen-bond donors (Lipinski definition) is 1. The second kappa shape index (κ2) is 5.47. The van der Waals surface area contributed by atoms with E-state index in [1.165, 1.54) is 4.90 Å². The highest BCUT2D eigenvalue weighted by Gasteiger charge is 1.99. The monoisotopic (exact) mass is 257 g/mol.